The minimum Gasteiger partial charge on any atom is -0.394 e. The number of unbranched alkanes of at least 4 members (excludes halogenated alkanes) is 2. The highest BCUT2D eigenvalue weighted by Crippen LogP contribution is 2.43. The topological polar surface area (TPSA) is 96.2 Å². The summed E-state index contributed by atoms with van der Waals surface area (Å²) in [6.07, 6.45) is 1.43. The number of phosphoric acid groups is 1. The van der Waals surface area contributed by atoms with Crippen molar-refractivity contribution < 1.29 is 28.7 Å². The Bertz CT molecular complexity index is 198. The predicted octanol–water partition coefficient (Wildman–Crippen LogP) is 0.663. The van der Waals surface area contributed by atoms with Gasteiger partial charge in [0.05, 0.1) is 19.8 Å². The van der Waals surface area contributed by atoms with Gasteiger partial charge in [-0.15, -0.1) is 0 Å². The molecule has 0 aliphatic rings. The molecule has 0 spiro atoms. The van der Waals surface area contributed by atoms with E-state index < -0.39 is 27.1 Å². The first-order chi connectivity index (χ1) is 7.02. The molecule has 7 heteroatoms. The molecular weight excluding hydrogens is 223 g/mol. The van der Waals surface area contributed by atoms with Crippen molar-refractivity contribution in [3.05, 3.63) is 0 Å². The molecule has 0 saturated carbocycles. The third kappa shape index (κ3) is 8.99. The van der Waals surface area contributed by atoms with Crippen molar-refractivity contribution in [1.29, 1.82) is 0 Å². The Hall–Kier alpha value is 0.0300. The zero-order valence-electron chi connectivity index (χ0n) is 8.83. The van der Waals surface area contributed by atoms with Gasteiger partial charge in [-0.2, -0.15) is 0 Å². The highest BCUT2D eigenvalue weighted by Gasteiger charge is 2.21. The van der Waals surface area contributed by atoms with Gasteiger partial charge in [-0.1, -0.05) is 19.8 Å². The summed E-state index contributed by atoms with van der Waals surface area (Å²) in [4.78, 5) is 9.08. The smallest absolute Gasteiger partial charge is 0.394 e. The lowest BCUT2D eigenvalue weighted by molar-refractivity contribution is 0.0361. The van der Waals surface area contributed by atoms with E-state index in [1.807, 2.05) is 6.92 Å². The lowest BCUT2D eigenvalue weighted by Crippen LogP contribution is -2.18. The van der Waals surface area contributed by atoms with E-state index in [-0.39, 0.29) is 6.61 Å². The largest absolute Gasteiger partial charge is 0.472 e. The van der Waals surface area contributed by atoms with Crippen LogP contribution in [-0.2, 0) is 13.6 Å². The van der Waals surface area contributed by atoms with E-state index in [2.05, 4.69) is 9.05 Å². The standard InChI is InChI=1S/C8H19O6P/c1-2-3-4-5-13-15(11,12)14-7-8(10)6-9/h8-10H,2-7H2,1H3,(H,11,12)/t8-/m1/s1. The summed E-state index contributed by atoms with van der Waals surface area (Å²) in [6.45, 7) is 1.22. The van der Waals surface area contributed by atoms with Gasteiger partial charge in [-0.25, -0.2) is 4.57 Å². The molecule has 0 aromatic carbocycles. The van der Waals surface area contributed by atoms with Gasteiger partial charge >= 0.3 is 7.82 Å². The summed E-state index contributed by atoms with van der Waals surface area (Å²) >= 11 is 0. The third-order valence-electron chi connectivity index (χ3n) is 1.64. The van der Waals surface area contributed by atoms with Crippen molar-refractivity contribution in [1.82, 2.24) is 0 Å². The summed E-state index contributed by atoms with van der Waals surface area (Å²) in [5.74, 6) is 0. The fraction of sp³-hybridized carbons (Fsp3) is 1.00. The molecule has 15 heavy (non-hydrogen) atoms. The van der Waals surface area contributed by atoms with Crippen molar-refractivity contribution >= 4 is 7.82 Å². The molecule has 0 aromatic rings. The summed E-state index contributed by atoms with van der Waals surface area (Å²) < 4.78 is 20.2. The Morgan fingerprint density at radius 2 is 2.00 bits per heavy atom. The van der Waals surface area contributed by atoms with E-state index in [0.29, 0.717) is 6.42 Å². The molecule has 0 heterocycles. The maximum absolute atomic E-state index is 11.1. The molecule has 0 amide bonds. The number of aliphatic hydroxyl groups excluding tert-OH is 2. The van der Waals surface area contributed by atoms with Crippen molar-refractivity contribution in [3.63, 3.8) is 0 Å². The van der Waals surface area contributed by atoms with Gasteiger partial charge in [0.1, 0.15) is 6.10 Å². The maximum atomic E-state index is 11.1. The summed E-state index contributed by atoms with van der Waals surface area (Å²) in [6, 6.07) is 0. The van der Waals surface area contributed by atoms with E-state index in [0.717, 1.165) is 12.8 Å². The lowest BCUT2D eigenvalue weighted by atomic mass is 10.3. The van der Waals surface area contributed by atoms with E-state index in [9.17, 15) is 4.57 Å². The van der Waals surface area contributed by atoms with Crippen LogP contribution in [0.5, 0.6) is 0 Å². The van der Waals surface area contributed by atoms with E-state index >= 15 is 0 Å². The molecular formula is C8H19O6P. The van der Waals surface area contributed by atoms with Crippen LogP contribution < -0.4 is 0 Å². The van der Waals surface area contributed by atoms with Gasteiger partial charge in [0, 0.05) is 0 Å². The second-order valence-corrected chi connectivity index (χ2v) is 4.59. The Morgan fingerprint density at radius 1 is 1.33 bits per heavy atom. The van der Waals surface area contributed by atoms with E-state index in [1.54, 1.807) is 0 Å². The summed E-state index contributed by atoms with van der Waals surface area (Å²) in [5.41, 5.74) is 0. The number of hydrogen-bond donors (Lipinski definition) is 3. The first-order valence-corrected chi connectivity index (χ1v) is 6.42. The van der Waals surface area contributed by atoms with Crippen LogP contribution in [0.3, 0.4) is 0 Å². The average Bonchev–Trinajstić information content (AvgIpc) is 2.21. The van der Waals surface area contributed by atoms with Crippen molar-refractivity contribution in [3.8, 4) is 0 Å². The average molecular weight is 242 g/mol. The monoisotopic (exact) mass is 242 g/mol. The van der Waals surface area contributed by atoms with Gasteiger partial charge in [-0.3, -0.25) is 9.05 Å². The minimum atomic E-state index is -4.07. The zero-order valence-corrected chi connectivity index (χ0v) is 9.73. The van der Waals surface area contributed by atoms with Crippen LogP contribution in [0.4, 0.5) is 0 Å². The number of aliphatic hydroxyl groups is 2. The Labute approximate surface area is 89.5 Å². The maximum Gasteiger partial charge on any atom is 0.472 e. The first kappa shape index (κ1) is 15.0. The van der Waals surface area contributed by atoms with Crippen LogP contribution in [-0.4, -0.2) is 41.0 Å². The summed E-state index contributed by atoms with van der Waals surface area (Å²) in [7, 11) is -4.07. The van der Waals surface area contributed by atoms with Crippen LogP contribution in [0.15, 0.2) is 0 Å². The molecule has 2 atom stereocenters. The molecule has 0 radical (unpaired) electrons. The molecule has 0 rings (SSSR count). The van der Waals surface area contributed by atoms with Crippen LogP contribution in [0.1, 0.15) is 26.2 Å². The van der Waals surface area contributed by atoms with Gasteiger partial charge in [-0.05, 0) is 6.42 Å². The van der Waals surface area contributed by atoms with Crippen LogP contribution in [0.25, 0.3) is 0 Å². The molecule has 0 saturated heterocycles. The van der Waals surface area contributed by atoms with E-state index in [4.69, 9.17) is 15.1 Å². The molecule has 1 unspecified atom stereocenters. The fourth-order valence-corrected chi connectivity index (χ4v) is 1.60. The fourth-order valence-electron chi connectivity index (χ4n) is 0.802. The van der Waals surface area contributed by atoms with Crippen molar-refractivity contribution in [2.45, 2.75) is 32.3 Å². The first-order valence-electron chi connectivity index (χ1n) is 4.92. The quantitative estimate of drug-likeness (QED) is 0.406. The molecule has 6 nitrogen and oxygen atoms in total. The molecule has 0 aliphatic carbocycles. The Balaban J connectivity index is 3.62. The van der Waals surface area contributed by atoms with E-state index in [1.165, 1.54) is 0 Å². The zero-order chi connectivity index (χ0) is 11.7. The second-order valence-electron chi connectivity index (χ2n) is 3.14. The molecule has 0 aromatic heterocycles. The molecule has 92 valence electrons. The second kappa shape index (κ2) is 8.21. The predicted molar refractivity (Wildman–Crippen MR) is 54.3 cm³/mol. The Kier molecular flexibility index (Phi) is 8.23. The molecule has 0 fully saturated rings. The SMILES string of the molecule is CCCCCOP(=O)(O)OC[C@H](O)CO. The molecule has 3 N–H and O–H groups in total. The highest BCUT2D eigenvalue weighted by molar-refractivity contribution is 7.47. The third-order valence-corrected chi connectivity index (χ3v) is 2.63. The molecule has 0 bridgehead atoms. The summed E-state index contributed by atoms with van der Waals surface area (Å²) in [5, 5.41) is 17.3. The van der Waals surface area contributed by atoms with Crippen LogP contribution in [0, 0.1) is 0 Å². The highest BCUT2D eigenvalue weighted by atomic mass is 31.2. The lowest BCUT2D eigenvalue weighted by Gasteiger charge is -2.13. The van der Waals surface area contributed by atoms with Crippen molar-refractivity contribution in [2.24, 2.45) is 0 Å². The van der Waals surface area contributed by atoms with Crippen LogP contribution >= 0.6 is 7.82 Å². The number of rotatable bonds is 9. The van der Waals surface area contributed by atoms with Gasteiger partial charge < -0.3 is 15.1 Å². The van der Waals surface area contributed by atoms with Gasteiger partial charge in [0.25, 0.3) is 0 Å². The number of phosphoric ester groups is 1. The molecule has 0 aliphatic heterocycles. The van der Waals surface area contributed by atoms with Gasteiger partial charge in [0.15, 0.2) is 0 Å². The Morgan fingerprint density at radius 3 is 2.53 bits per heavy atom. The van der Waals surface area contributed by atoms with Crippen LogP contribution in [0.2, 0.25) is 0 Å². The van der Waals surface area contributed by atoms with Gasteiger partial charge in [0.2, 0.25) is 0 Å². The normalized spacial score (nSPS) is 17.3. The number of hydrogen-bond acceptors (Lipinski definition) is 5. The van der Waals surface area contributed by atoms with Crippen molar-refractivity contribution in [2.75, 3.05) is 19.8 Å². The minimum absolute atomic E-state index is 0.150.